The molecule has 2 aliphatic rings. The highest BCUT2D eigenvalue weighted by atomic mass is 16.5. The molecule has 2 fully saturated rings. The molecule has 1 saturated carbocycles. The molecule has 1 saturated heterocycles. The van der Waals surface area contributed by atoms with Crippen LogP contribution in [0.1, 0.15) is 75.9 Å². The quantitative estimate of drug-likeness (QED) is 0.874. The predicted octanol–water partition coefficient (Wildman–Crippen LogP) is 2.33. The highest BCUT2D eigenvalue weighted by molar-refractivity contribution is 5.79. The van der Waals surface area contributed by atoms with Crippen LogP contribution in [-0.4, -0.2) is 35.2 Å². The summed E-state index contributed by atoms with van der Waals surface area (Å²) in [7, 11) is 0. The van der Waals surface area contributed by atoms with E-state index in [0.29, 0.717) is 5.89 Å². The molecule has 1 aliphatic carbocycles. The van der Waals surface area contributed by atoms with Gasteiger partial charge in [0.25, 0.3) is 0 Å². The van der Waals surface area contributed by atoms with Gasteiger partial charge in [0.1, 0.15) is 0 Å². The van der Waals surface area contributed by atoms with Crippen LogP contribution in [0.4, 0.5) is 0 Å². The van der Waals surface area contributed by atoms with Crippen LogP contribution in [0.2, 0.25) is 0 Å². The molecule has 6 heteroatoms. The summed E-state index contributed by atoms with van der Waals surface area (Å²) >= 11 is 0. The Morgan fingerprint density at radius 3 is 2.65 bits per heavy atom. The zero-order chi connectivity index (χ0) is 16.2. The van der Waals surface area contributed by atoms with E-state index in [9.17, 15) is 4.79 Å². The molecule has 1 aromatic heterocycles. The monoisotopic (exact) mass is 320 g/mol. The molecule has 2 N–H and O–H groups in total. The first-order chi connectivity index (χ1) is 11.1. The Bertz CT molecular complexity index is 528. The SMILES string of the molecule is CC(C)c1noc([C@H]2C[C@@H]3NCCCCCCNC(=O)[C@@H]3C2)n1. The number of carbonyl (C=O) groups is 1. The first kappa shape index (κ1) is 16.4. The number of carbonyl (C=O) groups excluding carboxylic acids is 1. The molecular weight excluding hydrogens is 292 g/mol. The first-order valence-electron chi connectivity index (χ1n) is 8.99. The Hall–Kier alpha value is -1.43. The summed E-state index contributed by atoms with van der Waals surface area (Å²) in [6.07, 6.45) is 6.38. The van der Waals surface area contributed by atoms with Crippen LogP contribution in [0.15, 0.2) is 4.52 Å². The van der Waals surface area contributed by atoms with E-state index in [2.05, 4.69) is 34.6 Å². The molecule has 3 rings (SSSR count). The number of nitrogens with one attached hydrogen (secondary N) is 2. The molecule has 23 heavy (non-hydrogen) atoms. The smallest absolute Gasteiger partial charge is 0.229 e. The number of hydrogen-bond acceptors (Lipinski definition) is 5. The van der Waals surface area contributed by atoms with Gasteiger partial charge in [-0.15, -0.1) is 0 Å². The van der Waals surface area contributed by atoms with Crippen LogP contribution in [0, 0.1) is 5.92 Å². The van der Waals surface area contributed by atoms with E-state index < -0.39 is 0 Å². The second-order valence-electron chi connectivity index (χ2n) is 7.19. The fraction of sp³-hybridized carbons (Fsp3) is 0.824. The van der Waals surface area contributed by atoms with Gasteiger partial charge in [0.05, 0.1) is 5.92 Å². The van der Waals surface area contributed by atoms with Crippen LogP contribution in [0.25, 0.3) is 0 Å². The van der Waals surface area contributed by atoms with Gasteiger partial charge in [0, 0.05) is 24.4 Å². The van der Waals surface area contributed by atoms with Gasteiger partial charge >= 0.3 is 0 Å². The van der Waals surface area contributed by atoms with Crippen molar-refractivity contribution in [3.8, 4) is 0 Å². The molecule has 0 bridgehead atoms. The van der Waals surface area contributed by atoms with Crippen LogP contribution in [-0.2, 0) is 4.79 Å². The molecule has 0 spiro atoms. The van der Waals surface area contributed by atoms with Crippen molar-refractivity contribution in [1.82, 2.24) is 20.8 Å². The molecule has 1 aromatic rings. The van der Waals surface area contributed by atoms with E-state index in [4.69, 9.17) is 4.52 Å². The summed E-state index contributed by atoms with van der Waals surface area (Å²) in [5.41, 5.74) is 0. The van der Waals surface area contributed by atoms with Crippen molar-refractivity contribution in [1.29, 1.82) is 0 Å². The van der Waals surface area contributed by atoms with Crippen molar-refractivity contribution in [2.45, 2.75) is 70.3 Å². The summed E-state index contributed by atoms with van der Waals surface area (Å²) < 4.78 is 5.46. The average Bonchev–Trinajstić information content (AvgIpc) is 3.15. The van der Waals surface area contributed by atoms with Crippen LogP contribution < -0.4 is 10.6 Å². The van der Waals surface area contributed by atoms with E-state index in [1.54, 1.807) is 0 Å². The number of fused-ring (bicyclic) bond motifs is 1. The van der Waals surface area contributed by atoms with E-state index in [1.807, 2.05) is 0 Å². The van der Waals surface area contributed by atoms with Gasteiger partial charge in [0.2, 0.25) is 11.8 Å². The third-order valence-electron chi connectivity index (χ3n) is 5.03. The molecule has 1 amide bonds. The van der Waals surface area contributed by atoms with E-state index >= 15 is 0 Å². The number of hydrogen-bond donors (Lipinski definition) is 2. The van der Waals surface area contributed by atoms with Crippen LogP contribution in [0.5, 0.6) is 0 Å². The van der Waals surface area contributed by atoms with Gasteiger partial charge in [-0.05, 0) is 32.2 Å². The molecule has 128 valence electrons. The second-order valence-corrected chi connectivity index (χ2v) is 7.19. The largest absolute Gasteiger partial charge is 0.356 e. The summed E-state index contributed by atoms with van der Waals surface area (Å²) in [5.74, 6) is 2.09. The van der Waals surface area contributed by atoms with Gasteiger partial charge in [-0.3, -0.25) is 4.79 Å². The maximum absolute atomic E-state index is 12.5. The van der Waals surface area contributed by atoms with E-state index in [-0.39, 0.29) is 29.7 Å². The molecule has 6 nitrogen and oxygen atoms in total. The molecular formula is C17H28N4O2. The van der Waals surface area contributed by atoms with Gasteiger partial charge in [-0.25, -0.2) is 0 Å². The average molecular weight is 320 g/mol. The lowest BCUT2D eigenvalue weighted by Gasteiger charge is -2.19. The lowest BCUT2D eigenvalue weighted by atomic mass is 10.0. The Morgan fingerprint density at radius 1 is 1.13 bits per heavy atom. The van der Waals surface area contributed by atoms with Crippen molar-refractivity contribution < 1.29 is 9.32 Å². The van der Waals surface area contributed by atoms with Crippen molar-refractivity contribution in [2.75, 3.05) is 13.1 Å². The summed E-state index contributed by atoms with van der Waals surface area (Å²) in [5, 5.41) is 10.8. The Morgan fingerprint density at radius 2 is 1.91 bits per heavy atom. The van der Waals surface area contributed by atoms with Gasteiger partial charge in [0.15, 0.2) is 5.82 Å². The zero-order valence-corrected chi connectivity index (χ0v) is 14.2. The Labute approximate surface area is 137 Å². The standard InChI is InChI=1S/C17H28N4O2/c1-11(2)15-20-17(23-21-15)12-9-13-14(10-12)18-7-5-3-4-6-8-19-16(13)22/h11-14,18H,3-10H2,1-2H3,(H,19,22)/t12-,13-,14+/m1/s1. The van der Waals surface area contributed by atoms with Gasteiger partial charge in [-0.2, -0.15) is 4.98 Å². The summed E-state index contributed by atoms with van der Waals surface area (Å²) in [4.78, 5) is 17.0. The van der Waals surface area contributed by atoms with Crippen molar-refractivity contribution in [3.63, 3.8) is 0 Å². The number of nitrogens with zero attached hydrogens (tertiary/aromatic N) is 2. The first-order valence-corrected chi connectivity index (χ1v) is 8.99. The normalized spacial score (nSPS) is 29.9. The number of amides is 1. The minimum atomic E-state index is 0.00694. The fourth-order valence-electron chi connectivity index (χ4n) is 3.64. The fourth-order valence-corrected chi connectivity index (χ4v) is 3.64. The second kappa shape index (κ2) is 7.43. The van der Waals surface area contributed by atoms with E-state index in [1.165, 1.54) is 19.3 Å². The molecule has 1 aliphatic heterocycles. The van der Waals surface area contributed by atoms with Crippen molar-refractivity contribution >= 4 is 5.91 Å². The summed E-state index contributed by atoms with van der Waals surface area (Å²) in [6, 6.07) is 0.215. The topological polar surface area (TPSA) is 80.0 Å². The lowest BCUT2D eigenvalue weighted by Crippen LogP contribution is -2.41. The maximum atomic E-state index is 12.5. The predicted molar refractivity (Wildman–Crippen MR) is 87.1 cm³/mol. The maximum Gasteiger partial charge on any atom is 0.229 e. The van der Waals surface area contributed by atoms with Crippen molar-refractivity contribution in [2.24, 2.45) is 5.92 Å². The third-order valence-corrected chi connectivity index (χ3v) is 5.03. The Balaban J connectivity index is 1.70. The van der Waals surface area contributed by atoms with E-state index in [0.717, 1.165) is 38.2 Å². The van der Waals surface area contributed by atoms with Gasteiger partial charge in [-0.1, -0.05) is 31.8 Å². The number of aromatic nitrogens is 2. The lowest BCUT2D eigenvalue weighted by molar-refractivity contribution is -0.125. The molecule has 0 aromatic carbocycles. The highest BCUT2D eigenvalue weighted by Gasteiger charge is 2.41. The van der Waals surface area contributed by atoms with Gasteiger partial charge < -0.3 is 15.2 Å². The minimum Gasteiger partial charge on any atom is -0.356 e. The minimum absolute atomic E-state index is 0.00694. The Kier molecular flexibility index (Phi) is 5.30. The van der Waals surface area contributed by atoms with Crippen molar-refractivity contribution in [3.05, 3.63) is 11.7 Å². The highest BCUT2D eigenvalue weighted by Crippen LogP contribution is 2.38. The van der Waals surface area contributed by atoms with Crippen LogP contribution in [0.3, 0.4) is 0 Å². The zero-order valence-electron chi connectivity index (χ0n) is 14.2. The summed E-state index contributed by atoms with van der Waals surface area (Å²) in [6.45, 7) is 5.90. The molecule has 0 unspecified atom stereocenters. The number of rotatable bonds is 2. The van der Waals surface area contributed by atoms with Crippen LogP contribution >= 0.6 is 0 Å². The molecule has 2 heterocycles. The molecule has 0 radical (unpaired) electrons. The molecule has 3 atom stereocenters. The third kappa shape index (κ3) is 3.91.